The number of nitrogens with one attached hydrogen (secondary N) is 2. The number of carbonyl (C=O) groups excluding carboxylic acids is 2. The van der Waals surface area contributed by atoms with Crippen LogP contribution in [0.4, 0.5) is 0 Å². The fraction of sp³-hybridized carbons (Fsp3) is 0.579. The summed E-state index contributed by atoms with van der Waals surface area (Å²) in [7, 11) is -3.91. The minimum Gasteiger partial charge on any atom is -0.454 e. The van der Waals surface area contributed by atoms with Crippen molar-refractivity contribution in [2.24, 2.45) is 11.8 Å². The van der Waals surface area contributed by atoms with Crippen molar-refractivity contribution in [1.29, 1.82) is 0 Å². The predicted molar refractivity (Wildman–Crippen MR) is 106 cm³/mol. The summed E-state index contributed by atoms with van der Waals surface area (Å²) in [5.74, 6) is -0.313. The summed E-state index contributed by atoms with van der Waals surface area (Å²) in [5.41, 5.74) is 0. The molecule has 7 nitrogen and oxygen atoms in total. The highest BCUT2D eigenvalue weighted by Gasteiger charge is 2.29. The second-order valence-electron chi connectivity index (χ2n) is 7.35. The van der Waals surface area contributed by atoms with Gasteiger partial charge in [0.25, 0.3) is 5.91 Å². The second kappa shape index (κ2) is 9.71. The molecule has 1 amide bonds. The van der Waals surface area contributed by atoms with Gasteiger partial charge in [-0.3, -0.25) is 9.59 Å². The van der Waals surface area contributed by atoms with Gasteiger partial charge in [0, 0.05) is 11.1 Å². The molecular formula is C19H27ClN2O5S. The number of esters is 1. The molecule has 28 heavy (non-hydrogen) atoms. The number of hydrogen-bond donors (Lipinski definition) is 2. The van der Waals surface area contributed by atoms with Gasteiger partial charge < -0.3 is 10.1 Å². The number of ether oxygens (including phenoxy) is 1. The molecule has 4 unspecified atom stereocenters. The van der Waals surface area contributed by atoms with E-state index in [2.05, 4.69) is 23.9 Å². The molecule has 0 heterocycles. The molecule has 0 aliphatic heterocycles. The first-order valence-corrected chi connectivity index (χ1v) is 11.2. The summed E-state index contributed by atoms with van der Waals surface area (Å²) in [5, 5.41) is 3.31. The molecule has 0 spiro atoms. The lowest BCUT2D eigenvalue weighted by Gasteiger charge is -2.34. The molecule has 1 fully saturated rings. The average molecular weight is 431 g/mol. The summed E-state index contributed by atoms with van der Waals surface area (Å²) in [4.78, 5) is 24.1. The summed E-state index contributed by atoms with van der Waals surface area (Å²) in [6, 6.07) is 4.48. The van der Waals surface area contributed by atoms with Crippen molar-refractivity contribution in [3.8, 4) is 0 Å². The monoisotopic (exact) mass is 430 g/mol. The Morgan fingerprint density at radius 1 is 1.21 bits per heavy atom. The van der Waals surface area contributed by atoms with Crippen molar-refractivity contribution in [3.05, 3.63) is 29.3 Å². The number of amides is 1. The number of rotatable bonds is 7. The van der Waals surface area contributed by atoms with E-state index in [0.29, 0.717) is 16.9 Å². The van der Waals surface area contributed by atoms with Crippen LogP contribution in [0, 0.1) is 11.8 Å². The zero-order valence-electron chi connectivity index (χ0n) is 16.3. The Hall–Kier alpha value is -1.64. The molecule has 1 aromatic carbocycles. The first-order valence-electron chi connectivity index (χ1n) is 9.34. The van der Waals surface area contributed by atoms with Gasteiger partial charge >= 0.3 is 5.97 Å². The van der Waals surface area contributed by atoms with Crippen molar-refractivity contribution in [2.75, 3.05) is 6.61 Å². The molecule has 2 N–H and O–H groups in total. The zero-order chi connectivity index (χ0) is 20.9. The summed E-state index contributed by atoms with van der Waals surface area (Å²) >= 11 is 5.75. The standard InChI is InChI=1S/C19H27ClN2O5S/c1-12-5-4-6-17(13(12)2)21-18(23)11-27-19(24)14(3)22-28(25,26)16-9-7-15(20)8-10-16/h7-10,12-14,17,22H,4-6,11H2,1-3H3,(H,21,23). The number of sulfonamides is 1. The van der Waals surface area contributed by atoms with Crippen LogP contribution in [0.1, 0.15) is 40.0 Å². The highest BCUT2D eigenvalue weighted by Crippen LogP contribution is 2.29. The Balaban J connectivity index is 1.83. The van der Waals surface area contributed by atoms with Gasteiger partial charge in [0.15, 0.2) is 6.61 Å². The van der Waals surface area contributed by atoms with Crippen LogP contribution in [0.5, 0.6) is 0 Å². The van der Waals surface area contributed by atoms with Crippen LogP contribution in [0.15, 0.2) is 29.2 Å². The lowest BCUT2D eigenvalue weighted by molar-refractivity contribution is -0.150. The van der Waals surface area contributed by atoms with Gasteiger partial charge in [-0.25, -0.2) is 8.42 Å². The topological polar surface area (TPSA) is 102 Å². The Bertz CT molecular complexity index is 797. The van der Waals surface area contributed by atoms with E-state index in [1.807, 2.05) is 0 Å². The van der Waals surface area contributed by atoms with Crippen LogP contribution in [0.2, 0.25) is 5.02 Å². The smallest absolute Gasteiger partial charge is 0.324 e. The van der Waals surface area contributed by atoms with Gasteiger partial charge in [0.1, 0.15) is 6.04 Å². The zero-order valence-corrected chi connectivity index (χ0v) is 17.8. The van der Waals surface area contributed by atoms with E-state index in [1.165, 1.54) is 31.2 Å². The van der Waals surface area contributed by atoms with E-state index < -0.39 is 28.6 Å². The maximum atomic E-state index is 12.3. The summed E-state index contributed by atoms with van der Waals surface area (Å²) in [6.07, 6.45) is 3.11. The second-order valence-corrected chi connectivity index (χ2v) is 9.50. The normalized spacial score (nSPS) is 23.6. The van der Waals surface area contributed by atoms with E-state index in [4.69, 9.17) is 16.3 Å². The Morgan fingerprint density at radius 3 is 2.50 bits per heavy atom. The first-order chi connectivity index (χ1) is 13.1. The summed E-state index contributed by atoms with van der Waals surface area (Å²) < 4.78 is 31.8. The van der Waals surface area contributed by atoms with E-state index in [9.17, 15) is 18.0 Å². The van der Waals surface area contributed by atoms with E-state index in [0.717, 1.165) is 19.3 Å². The highest BCUT2D eigenvalue weighted by molar-refractivity contribution is 7.89. The van der Waals surface area contributed by atoms with Gasteiger partial charge in [-0.05, 0) is 49.4 Å². The molecule has 0 bridgehead atoms. The van der Waals surface area contributed by atoms with E-state index in [1.54, 1.807) is 0 Å². The summed E-state index contributed by atoms with van der Waals surface area (Å²) in [6.45, 7) is 5.19. The number of hydrogen-bond acceptors (Lipinski definition) is 5. The Labute approximate surface area is 171 Å². The molecule has 2 rings (SSSR count). The van der Waals surface area contributed by atoms with Crippen LogP contribution in [-0.4, -0.2) is 39.0 Å². The third-order valence-electron chi connectivity index (χ3n) is 5.21. The van der Waals surface area contributed by atoms with E-state index in [-0.39, 0.29) is 16.8 Å². The van der Waals surface area contributed by atoms with Gasteiger partial charge in [0.2, 0.25) is 10.0 Å². The van der Waals surface area contributed by atoms with Crippen molar-refractivity contribution >= 4 is 33.5 Å². The molecule has 4 atom stereocenters. The molecule has 0 saturated heterocycles. The molecule has 0 radical (unpaired) electrons. The fourth-order valence-electron chi connectivity index (χ4n) is 3.26. The molecule has 1 aromatic rings. The van der Waals surface area contributed by atoms with Crippen molar-refractivity contribution in [3.63, 3.8) is 0 Å². The van der Waals surface area contributed by atoms with Crippen LogP contribution in [0.25, 0.3) is 0 Å². The minimum absolute atomic E-state index is 0.0188. The van der Waals surface area contributed by atoms with Crippen LogP contribution < -0.4 is 10.0 Å². The third kappa shape index (κ3) is 6.18. The van der Waals surface area contributed by atoms with Gasteiger partial charge in [0.05, 0.1) is 4.90 Å². The van der Waals surface area contributed by atoms with Gasteiger partial charge in [-0.15, -0.1) is 0 Å². The van der Waals surface area contributed by atoms with Crippen LogP contribution >= 0.6 is 11.6 Å². The minimum atomic E-state index is -3.91. The number of carbonyl (C=O) groups is 2. The molecule has 1 aliphatic carbocycles. The predicted octanol–water partition coefficient (Wildman–Crippen LogP) is 2.49. The first kappa shape index (κ1) is 22.6. The van der Waals surface area contributed by atoms with E-state index >= 15 is 0 Å². The highest BCUT2D eigenvalue weighted by atomic mass is 35.5. The van der Waals surface area contributed by atoms with Crippen molar-refractivity contribution in [2.45, 2.75) is 57.0 Å². The molecule has 1 saturated carbocycles. The van der Waals surface area contributed by atoms with Crippen molar-refractivity contribution < 1.29 is 22.7 Å². The average Bonchev–Trinajstić information content (AvgIpc) is 2.63. The maximum absolute atomic E-state index is 12.3. The van der Waals surface area contributed by atoms with Crippen LogP contribution in [0.3, 0.4) is 0 Å². The lowest BCUT2D eigenvalue weighted by atomic mass is 9.78. The number of benzene rings is 1. The SMILES string of the molecule is CC(NS(=O)(=O)c1ccc(Cl)cc1)C(=O)OCC(=O)NC1CCCC(C)C1C. The van der Waals surface area contributed by atoms with Crippen LogP contribution in [-0.2, 0) is 24.3 Å². The molecule has 0 aromatic heterocycles. The Morgan fingerprint density at radius 2 is 1.86 bits per heavy atom. The quantitative estimate of drug-likeness (QED) is 0.647. The number of halogens is 1. The van der Waals surface area contributed by atoms with Gasteiger partial charge in [-0.2, -0.15) is 4.72 Å². The third-order valence-corrected chi connectivity index (χ3v) is 7.02. The largest absolute Gasteiger partial charge is 0.454 e. The lowest BCUT2D eigenvalue weighted by Crippen LogP contribution is -2.46. The van der Waals surface area contributed by atoms with Crippen molar-refractivity contribution in [1.82, 2.24) is 10.0 Å². The molecule has 156 valence electrons. The molecule has 9 heteroatoms. The molecule has 1 aliphatic rings. The molecular weight excluding hydrogens is 404 g/mol. The maximum Gasteiger partial charge on any atom is 0.324 e. The van der Waals surface area contributed by atoms with Gasteiger partial charge in [-0.1, -0.05) is 38.3 Å². The fourth-order valence-corrected chi connectivity index (χ4v) is 4.58. The Kier molecular flexibility index (Phi) is 7.86.